The molecule has 0 spiro atoms. The maximum Gasteiger partial charge on any atom is 0.258 e. The summed E-state index contributed by atoms with van der Waals surface area (Å²) in [6.45, 7) is 6.24. The van der Waals surface area contributed by atoms with Gasteiger partial charge < -0.3 is 4.90 Å². The number of hydrogen-bond donors (Lipinski definition) is 0. The third kappa shape index (κ3) is 4.43. The zero-order valence-corrected chi connectivity index (χ0v) is 20.4. The van der Waals surface area contributed by atoms with Crippen molar-refractivity contribution in [3.8, 4) is 6.07 Å². The number of carbonyl (C=O) groups is 1. The van der Waals surface area contributed by atoms with Crippen LogP contribution in [0.4, 0.5) is 11.4 Å². The van der Waals surface area contributed by atoms with Crippen molar-refractivity contribution in [2.75, 3.05) is 23.0 Å². The summed E-state index contributed by atoms with van der Waals surface area (Å²) in [5.41, 5.74) is 6.05. The number of allylic oxidation sites excluding steroid dienone is 3. The van der Waals surface area contributed by atoms with Crippen LogP contribution >= 0.6 is 0 Å². The minimum absolute atomic E-state index is 0.129. The number of carbonyl (C=O) groups excluding carboxylic acids is 1. The Labute approximate surface area is 210 Å². The number of hydrogen-bond acceptors (Lipinski definition) is 6. The summed E-state index contributed by atoms with van der Waals surface area (Å²) in [7, 11) is 0. The second kappa shape index (κ2) is 10.0. The highest BCUT2D eigenvalue weighted by Crippen LogP contribution is 2.36. The first kappa shape index (κ1) is 23.2. The molecule has 0 fully saturated rings. The highest BCUT2D eigenvalue weighted by Gasteiger charge is 2.43. The van der Waals surface area contributed by atoms with E-state index < -0.39 is 5.92 Å². The van der Waals surface area contributed by atoms with Gasteiger partial charge >= 0.3 is 0 Å². The van der Waals surface area contributed by atoms with Crippen LogP contribution < -0.4 is 9.91 Å². The molecule has 1 unspecified atom stereocenters. The van der Waals surface area contributed by atoms with Crippen molar-refractivity contribution in [1.29, 1.82) is 5.26 Å². The lowest BCUT2D eigenvalue weighted by Crippen LogP contribution is -2.43. The molecule has 1 aromatic carbocycles. The van der Waals surface area contributed by atoms with Gasteiger partial charge in [-0.25, -0.2) is 0 Å². The van der Waals surface area contributed by atoms with E-state index in [2.05, 4.69) is 58.2 Å². The fraction of sp³-hybridized carbons (Fsp3) is 0.250. The van der Waals surface area contributed by atoms with Gasteiger partial charge in [-0.1, -0.05) is 41.5 Å². The largest absolute Gasteiger partial charge is 0.369 e. The van der Waals surface area contributed by atoms with E-state index in [1.165, 1.54) is 22.4 Å². The first-order valence-corrected chi connectivity index (χ1v) is 12.0. The summed E-state index contributed by atoms with van der Waals surface area (Å²) >= 11 is 0. The first-order chi connectivity index (χ1) is 17.6. The second-order valence-corrected chi connectivity index (χ2v) is 8.96. The van der Waals surface area contributed by atoms with Gasteiger partial charge in [0.2, 0.25) is 0 Å². The molecule has 2 aromatic heterocycles. The highest BCUT2D eigenvalue weighted by molar-refractivity contribution is 6.24. The third-order valence-electron chi connectivity index (χ3n) is 6.56. The van der Waals surface area contributed by atoms with Crippen LogP contribution in [0.2, 0.25) is 0 Å². The highest BCUT2D eigenvalue weighted by atomic mass is 16.2. The predicted octanol–water partition coefficient (Wildman–Crippen LogP) is 4.32. The Morgan fingerprint density at radius 1 is 1.19 bits per heavy atom. The number of nitriles is 1. The number of benzene rings is 1. The molecule has 0 saturated carbocycles. The van der Waals surface area contributed by atoms with Gasteiger partial charge in [-0.3, -0.25) is 14.5 Å². The summed E-state index contributed by atoms with van der Waals surface area (Å²) in [4.78, 5) is 19.9. The fourth-order valence-electron chi connectivity index (χ4n) is 4.79. The number of fused-ring (bicyclic) bond motifs is 3. The van der Waals surface area contributed by atoms with Crippen molar-refractivity contribution in [2.24, 2.45) is 11.0 Å². The number of anilines is 2. The van der Waals surface area contributed by atoms with E-state index >= 15 is 0 Å². The lowest BCUT2D eigenvalue weighted by Gasteiger charge is -2.34. The molecule has 8 heteroatoms. The summed E-state index contributed by atoms with van der Waals surface area (Å²) in [6, 6.07) is 13.8. The van der Waals surface area contributed by atoms with E-state index in [1.54, 1.807) is 18.5 Å². The predicted molar refractivity (Wildman–Crippen MR) is 139 cm³/mol. The molecule has 2 aliphatic rings. The zero-order valence-electron chi connectivity index (χ0n) is 20.4. The van der Waals surface area contributed by atoms with E-state index in [-0.39, 0.29) is 5.91 Å². The Bertz CT molecular complexity index is 1410. The van der Waals surface area contributed by atoms with E-state index in [4.69, 9.17) is 0 Å². The van der Waals surface area contributed by atoms with E-state index in [0.717, 1.165) is 36.5 Å². The van der Waals surface area contributed by atoms with Crippen LogP contribution in [0.25, 0.3) is 0 Å². The van der Waals surface area contributed by atoms with Crippen molar-refractivity contribution >= 4 is 23.0 Å². The van der Waals surface area contributed by atoms with Gasteiger partial charge in [0.25, 0.3) is 5.91 Å². The normalized spacial score (nSPS) is 17.5. The first-order valence-electron chi connectivity index (χ1n) is 12.0. The number of hydrazone groups is 1. The SMILES string of the molecule is C/C=C(\C=C(\C)Cn1cccn1)CCN1CC2C(=O)N(c3cnccc3C#N)N=C2c2ccccc21. The van der Waals surface area contributed by atoms with Crippen molar-refractivity contribution in [2.45, 2.75) is 26.8 Å². The monoisotopic (exact) mass is 477 g/mol. The summed E-state index contributed by atoms with van der Waals surface area (Å²) in [5, 5.41) is 19.8. The quantitative estimate of drug-likeness (QED) is 0.473. The Balaban J connectivity index is 1.37. The molecule has 1 amide bonds. The molecule has 3 aromatic rings. The molecule has 36 heavy (non-hydrogen) atoms. The van der Waals surface area contributed by atoms with Crippen molar-refractivity contribution in [3.63, 3.8) is 0 Å². The van der Waals surface area contributed by atoms with Crippen molar-refractivity contribution < 1.29 is 4.79 Å². The maximum absolute atomic E-state index is 13.5. The van der Waals surface area contributed by atoms with Crippen molar-refractivity contribution in [1.82, 2.24) is 14.8 Å². The molecule has 180 valence electrons. The molecule has 0 saturated heterocycles. The molecule has 2 aliphatic heterocycles. The Morgan fingerprint density at radius 3 is 2.83 bits per heavy atom. The van der Waals surface area contributed by atoms with E-state index in [9.17, 15) is 10.1 Å². The minimum atomic E-state index is -0.391. The summed E-state index contributed by atoms with van der Waals surface area (Å²) in [5.74, 6) is -0.520. The Kier molecular flexibility index (Phi) is 6.46. The fourth-order valence-corrected chi connectivity index (χ4v) is 4.79. The van der Waals surface area contributed by atoms with Crippen LogP contribution in [-0.4, -0.2) is 39.5 Å². The lowest BCUT2D eigenvalue weighted by molar-refractivity contribution is -0.119. The number of nitrogens with zero attached hydrogens (tertiary/aromatic N) is 7. The topological polar surface area (TPSA) is 90.4 Å². The van der Waals surface area contributed by atoms with Gasteiger partial charge in [-0.2, -0.15) is 20.5 Å². The van der Waals surface area contributed by atoms with Crippen LogP contribution in [0.5, 0.6) is 0 Å². The number of para-hydroxylation sites is 1. The maximum atomic E-state index is 13.5. The van der Waals surface area contributed by atoms with Gasteiger partial charge in [0.1, 0.15) is 17.7 Å². The lowest BCUT2D eigenvalue weighted by atomic mass is 9.90. The molecule has 0 bridgehead atoms. The molecule has 0 aliphatic carbocycles. The standard InChI is InChI=1S/C28H27N7O/c1-3-21(15-20(2)18-34-13-6-11-31-34)10-14-33-19-24-27(23-7-4-5-8-25(23)33)32-35(28(24)36)26-17-30-12-9-22(26)16-29/h3-9,11-13,15,17,24H,10,14,18-19H2,1-2H3/b20-15-,21-3-. The van der Waals surface area contributed by atoms with Crippen LogP contribution in [0.1, 0.15) is 31.4 Å². The molecule has 0 radical (unpaired) electrons. The van der Waals surface area contributed by atoms with E-state index in [0.29, 0.717) is 17.8 Å². The molecular weight excluding hydrogens is 450 g/mol. The average Bonchev–Trinajstić information content (AvgIpc) is 3.54. The van der Waals surface area contributed by atoms with Gasteiger partial charge in [-0.15, -0.1) is 0 Å². The van der Waals surface area contributed by atoms with Crippen LogP contribution in [-0.2, 0) is 11.3 Å². The molecule has 8 nitrogen and oxygen atoms in total. The van der Waals surface area contributed by atoms with Crippen LogP contribution in [0, 0.1) is 17.2 Å². The smallest absolute Gasteiger partial charge is 0.258 e. The Hall–Kier alpha value is -4.51. The molecule has 5 rings (SSSR count). The number of rotatable bonds is 7. The molecule has 1 atom stereocenters. The summed E-state index contributed by atoms with van der Waals surface area (Å²) < 4.78 is 1.91. The van der Waals surface area contributed by atoms with E-state index in [1.807, 2.05) is 35.1 Å². The van der Waals surface area contributed by atoms with Crippen LogP contribution in [0.15, 0.2) is 89.6 Å². The molecular formula is C28H27N7O. The number of pyridine rings is 1. The zero-order chi connectivity index (χ0) is 25.1. The third-order valence-corrected chi connectivity index (χ3v) is 6.56. The Morgan fingerprint density at radius 2 is 2.06 bits per heavy atom. The molecule has 0 N–H and O–H groups in total. The number of aromatic nitrogens is 3. The molecule has 4 heterocycles. The van der Waals surface area contributed by atoms with Crippen LogP contribution in [0.3, 0.4) is 0 Å². The van der Waals surface area contributed by atoms with Gasteiger partial charge in [-0.05, 0) is 38.5 Å². The van der Waals surface area contributed by atoms with Gasteiger partial charge in [0.05, 0.1) is 24.0 Å². The second-order valence-electron chi connectivity index (χ2n) is 8.96. The summed E-state index contributed by atoms with van der Waals surface area (Å²) in [6.07, 6.45) is 12.0. The average molecular weight is 478 g/mol. The van der Waals surface area contributed by atoms with Crippen molar-refractivity contribution in [3.05, 3.63) is 95.6 Å². The minimum Gasteiger partial charge on any atom is -0.369 e. The number of amides is 1. The van der Waals surface area contributed by atoms with Gasteiger partial charge in [0, 0.05) is 42.9 Å². The van der Waals surface area contributed by atoms with Gasteiger partial charge in [0.15, 0.2) is 0 Å².